The number of rotatable bonds is 2. The van der Waals surface area contributed by atoms with Gasteiger partial charge in [-0.2, -0.15) is 0 Å². The third kappa shape index (κ3) is 2.67. The molecule has 0 aromatic carbocycles. The highest BCUT2D eigenvalue weighted by Gasteiger charge is 2.43. The normalized spacial score (nSPS) is 22.9. The Morgan fingerprint density at radius 1 is 1.47 bits per heavy atom. The van der Waals surface area contributed by atoms with Crippen LogP contribution in [0.15, 0.2) is 24.5 Å². The predicted octanol–water partition coefficient (Wildman–Crippen LogP) is 1.94. The van der Waals surface area contributed by atoms with Gasteiger partial charge in [-0.25, -0.2) is 9.59 Å². The van der Waals surface area contributed by atoms with Crippen LogP contribution in [-0.2, 0) is 4.79 Å². The van der Waals surface area contributed by atoms with E-state index in [1.54, 1.807) is 25.3 Å². The lowest BCUT2D eigenvalue weighted by Crippen LogP contribution is -2.58. The van der Waals surface area contributed by atoms with E-state index in [2.05, 4.69) is 10.3 Å². The number of aliphatic carboxylic acids is 1. The number of amides is 2. The molecule has 1 aliphatic rings. The molecular weight excluding hydrogens is 246 g/mol. The Bertz CT molecular complexity index is 477. The van der Waals surface area contributed by atoms with Crippen molar-refractivity contribution in [2.24, 2.45) is 0 Å². The number of aromatic nitrogens is 1. The number of nitrogens with one attached hydrogen (secondary N) is 1. The van der Waals surface area contributed by atoms with Crippen molar-refractivity contribution in [3.8, 4) is 0 Å². The van der Waals surface area contributed by atoms with Gasteiger partial charge in [0.25, 0.3) is 0 Å². The SMILES string of the molecule is CC1(C(=O)O)CCCCN1C(=O)Nc1cccnc1. The lowest BCUT2D eigenvalue weighted by Gasteiger charge is -2.41. The lowest BCUT2D eigenvalue weighted by atomic mass is 9.89. The van der Waals surface area contributed by atoms with Crippen molar-refractivity contribution in [3.63, 3.8) is 0 Å². The van der Waals surface area contributed by atoms with E-state index in [4.69, 9.17) is 0 Å². The van der Waals surface area contributed by atoms with E-state index in [1.165, 1.54) is 11.1 Å². The van der Waals surface area contributed by atoms with Gasteiger partial charge in [0.15, 0.2) is 0 Å². The van der Waals surface area contributed by atoms with E-state index in [0.29, 0.717) is 18.7 Å². The van der Waals surface area contributed by atoms with Crippen LogP contribution in [0.2, 0.25) is 0 Å². The minimum absolute atomic E-state index is 0.391. The Morgan fingerprint density at radius 3 is 2.89 bits per heavy atom. The smallest absolute Gasteiger partial charge is 0.329 e. The maximum absolute atomic E-state index is 12.2. The summed E-state index contributed by atoms with van der Waals surface area (Å²) in [6, 6.07) is 3.03. The highest BCUT2D eigenvalue weighted by Crippen LogP contribution is 2.28. The number of likely N-dealkylation sites (tertiary alicyclic amines) is 1. The molecule has 1 atom stereocenters. The Balaban J connectivity index is 2.14. The maximum atomic E-state index is 12.2. The van der Waals surface area contributed by atoms with Crippen LogP contribution in [-0.4, -0.2) is 39.1 Å². The topological polar surface area (TPSA) is 82.5 Å². The van der Waals surface area contributed by atoms with Crippen molar-refractivity contribution in [1.29, 1.82) is 0 Å². The van der Waals surface area contributed by atoms with E-state index in [0.717, 1.165) is 12.8 Å². The zero-order chi connectivity index (χ0) is 13.9. The van der Waals surface area contributed by atoms with Crippen LogP contribution in [0.5, 0.6) is 0 Å². The molecule has 1 unspecified atom stereocenters. The fourth-order valence-electron chi connectivity index (χ4n) is 2.30. The van der Waals surface area contributed by atoms with Gasteiger partial charge in [0.2, 0.25) is 0 Å². The predicted molar refractivity (Wildman–Crippen MR) is 69.9 cm³/mol. The van der Waals surface area contributed by atoms with Crippen LogP contribution in [0.4, 0.5) is 10.5 Å². The van der Waals surface area contributed by atoms with Gasteiger partial charge in [-0.05, 0) is 38.3 Å². The average molecular weight is 263 g/mol. The number of carboxylic acid groups (broad SMARTS) is 1. The lowest BCUT2D eigenvalue weighted by molar-refractivity contribution is -0.150. The molecule has 2 rings (SSSR count). The van der Waals surface area contributed by atoms with Crippen molar-refractivity contribution >= 4 is 17.7 Å². The van der Waals surface area contributed by atoms with E-state index >= 15 is 0 Å². The van der Waals surface area contributed by atoms with Crippen LogP contribution in [0, 0.1) is 0 Å². The average Bonchev–Trinajstić information content (AvgIpc) is 2.40. The first kappa shape index (κ1) is 13.3. The van der Waals surface area contributed by atoms with Gasteiger partial charge in [-0.15, -0.1) is 0 Å². The largest absolute Gasteiger partial charge is 0.480 e. The van der Waals surface area contributed by atoms with Crippen LogP contribution < -0.4 is 5.32 Å². The molecule has 1 aliphatic heterocycles. The number of carbonyl (C=O) groups excluding carboxylic acids is 1. The number of carboxylic acids is 1. The Hall–Kier alpha value is -2.11. The Labute approximate surface area is 111 Å². The van der Waals surface area contributed by atoms with Crippen LogP contribution in [0.1, 0.15) is 26.2 Å². The first-order valence-electron chi connectivity index (χ1n) is 6.26. The van der Waals surface area contributed by atoms with Gasteiger partial charge in [0, 0.05) is 12.7 Å². The van der Waals surface area contributed by atoms with E-state index in [1.807, 2.05) is 0 Å². The third-order valence-electron chi connectivity index (χ3n) is 3.51. The molecule has 2 N–H and O–H groups in total. The number of anilines is 1. The third-order valence-corrected chi connectivity index (χ3v) is 3.51. The first-order valence-corrected chi connectivity index (χ1v) is 6.26. The minimum atomic E-state index is -1.13. The number of nitrogens with zero attached hydrogens (tertiary/aromatic N) is 2. The molecule has 1 saturated heterocycles. The van der Waals surface area contributed by atoms with Crippen molar-refractivity contribution < 1.29 is 14.7 Å². The monoisotopic (exact) mass is 263 g/mol. The number of pyridine rings is 1. The summed E-state index contributed by atoms with van der Waals surface area (Å²) in [5, 5.41) is 12.0. The summed E-state index contributed by atoms with van der Waals surface area (Å²) < 4.78 is 0. The molecule has 1 fully saturated rings. The number of carbonyl (C=O) groups is 2. The van der Waals surface area contributed by atoms with E-state index in [-0.39, 0.29) is 0 Å². The molecule has 0 aliphatic carbocycles. The van der Waals surface area contributed by atoms with Gasteiger partial charge in [-0.3, -0.25) is 4.98 Å². The molecule has 0 radical (unpaired) electrons. The molecule has 2 amide bonds. The highest BCUT2D eigenvalue weighted by atomic mass is 16.4. The standard InChI is InChI=1S/C13H17N3O3/c1-13(11(17)18)6-2-3-8-16(13)12(19)15-10-5-4-7-14-9-10/h4-5,7,9H,2-3,6,8H2,1H3,(H,15,19)(H,17,18). The molecule has 0 saturated carbocycles. The summed E-state index contributed by atoms with van der Waals surface area (Å²) in [4.78, 5) is 28.9. The number of hydrogen-bond donors (Lipinski definition) is 2. The summed E-state index contributed by atoms with van der Waals surface area (Å²) in [7, 11) is 0. The maximum Gasteiger partial charge on any atom is 0.329 e. The fourth-order valence-corrected chi connectivity index (χ4v) is 2.30. The molecule has 0 bridgehead atoms. The molecule has 1 aromatic rings. The Morgan fingerprint density at radius 2 is 2.26 bits per heavy atom. The van der Waals surface area contributed by atoms with Crippen LogP contribution in [0.25, 0.3) is 0 Å². The van der Waals surface area contributed by atoms with Crippen LogP contribution in [0.3, 0.4) is 0 Å². The first-order chi connectivity index (χ1) is 9.04. The van der Waals surface area contributed by atoms with Gasteiger partial charge in [-0.1, -0.05) is 0 Å². The van der Waals surface area contributed by atoms with E-state index < -0.39 is 17.5 Å². The van der Waals surface area contributed by atoms with Crippen molar-refractivity contribution in [2.45, 2.75) is 31.7 Å². The molecular formula is C13H17N3O3. The second-order valence-electron chi connectivity index (χ2n) is 4.86. The van der Waals surface area contributed by atoms with Gasteiger partial charge >= 0.3 is 12.0 Å². The summed E-state index contributed by atoms with van der Waals surface area (Å²) in [5.74, 6) is -0.964. The molecule has 102 valence electrons. The quantitative estimate of drug-likeness (QED) is 0.854. The molecule has 1 aromatic heterocycles. The summed E-state index contributed by atoms with van der Waals surface area (Å²) in [5.41, 5.74) is -0.573. The number of piperidine rings is 1. The van der Waals surface area contributed by atoms with Gasteiger partial charge in [0.1, 0.15) is 5.54 Å². The van der Waals surface area contributed by atoms with Crippen molar-refractivity contribution in [1.82, 2.24) is 9.88 Å². The zero-order valence-corrected chi connectivity index (χ0v) is 10.8. The molecule has 19 heavy (non-hydrogen) atoms. The number of hydrogen-bond acceptors (Lipinski definition) is 3. The molecule has 0 spiro atoms. The summed E-state index contributed by atoms with van der Waals surface area (Å²) in [6.45, 7) is 2.05. The zero-order valence-electron chi connectivity index (χ0n) is 10.8. The van der Waals surface area contributed by atoms with Gasteiger partial charge in [0.05, 0.1) is 11.9 Å². The van der Waals surface area contributed by atoms with Crippen molar-refractivity contribution in [2.75, 3.05) is 11.9 Å². The highest BCUT2D eigenvalue weighted by molar-refractivity contribution is 5.93. The fraction of sp³-hybridized carbons (Fsp3) is 0.462. The second kappa shape index (κ2) is 5.26. The summed E-state index contributed by atoms with van der Waals surface area (Å²) in [6.07, 6.45) is 5.25. The Kier molecular flexibility index (Phi) is 3.69. The molecule has 6 heteroatoms. The van der Waals surface area contributed by atoms with Crippen LogP contribution >= 0.6 is 0 Å². The summed E-state index contributed by atoms with van der Waals surface area (Å²) >= 11 is 0. The minimum Gasteiger partial charge on any atom is -0.480 e. The second-order valence-corrected chi connectivity index (χ2v) is 4.86. The van der Waals surface area contributed by atoms with Gasteiger partial charge < -0.3 is 15.3 Å². The van der Waals surface area contributed by atoms with Crippen molar-refractivity contribution in [3.05, 3.63) is 24.5 Å². The molecule has 6 nitrogen and oxygen atoms in total. The van der Waals surface area contributed by atoms with E-state index in [9.17, 15) is 14.7 Å². The number of urea groups is 1. The molecule has 2 heterocycles.